The van der Waals surface area contributed by atoms with E-state index in [0.717, 1.165) is 37.8 Å². The predicted octanol–water partition coefficient (Wildman–Crippen LogP) is 1.78. The number of hydrogen-bond acceptors (Lipinski definition) is 5. The average molecular weight is 220 g/mol. The summed E-state index contributed by atoms with van der Waals surface area (Å²) in [5, 5.41) is 3.72. The van der Waals surface area contributed by atoms with Gasteiger partial charge in [0.15, 0.2) is 11.0 Å². The Bertz CT molecular complexity index is 274. The molecule has 0 saturated carbocycles. The summed E-state index contributed by atoms with van der Waals surface area (Å²) in [7, 11) is 0. The second-order valence-electron chi connectivity index (χ2n) is 2.93. The lowest BCUT2D eigenvalue weighted by atomic mass is 10.1. The van der Waals surface area contributed by atoms with Gasteiger partial charge in [-0.2, -0.15) is 8.75 Å². The van der Waals surface area contributed by atoms with E-state index in [1.807, 2.05) is 0 Å². The fourth-order valence-electron chi connectivity index (χ4n) is 1.30. The van der Waals surface area contributed by atoms with Crippen molar-refractivity contribution in [1.82, 2.24) is 8.75 Å². The van der Waals surface area contributed by atoms with Gasteiger partial charge in [0, 0.05) is 19.3 Å². The summed E-state index contributed by atoms with van der Waals surface area (Å²) < 4.78 is 13.2. The maximum absolute atomic E-state index is 5.80. The van der Waals surface area contributed by atoms with Gasteiger partial charge in [-0.1, -0.05) is 11.6 Å². The van der Waals surface area contributed by atoms with Crippen LogP contribution in [0.3, 0.4) is 0 Å². The molecule has 0 aliphatic carbocycles. The van der Waals surface area contributed by atoms with Crippen LogP contribution >= 0.6 is 23.3 Å². The van der Waals surface area contributed by atoms with Gasteiger partial charge in [-0.3, -0.25) is 0 Å². The van der Waals surface area contributed by atoms with Crippen molar-refractivity contribution in [2.45, 2.75) is 18.9 Å². The van der Waals surface area contributed by atoms with Crippen molar-refractivity contribution in [2.24, 2.45) is 0 Å². The van der Waals surface area contributed by atoms with Crippen molar-refractivity contribution < 1.29 is 4.74 Å². The Labute approximate surface area is 85.6 Å². The zero-order chi connectivity index (χ0) is 9.10. The number of anilines is 1. The van der Waals surface area contributed by atoms with Gasteiger partial charge in [-0.05, 0) is 12.8 Å². The van der Waals surface area contributed by atoms with E-state index >= 15 is 0 Å². The molecule has 0 radical (unpaired) electrons. The Balaban J connectivity index is 1.93. The van der Waals surface area contributed by atoms with Crippen LogP contribution in [0.4, 0.5) is 5.82 Å². The molecule has 2 heterocycles. The number of nitrogens with one attached hydrogen (secondary N) is 1. The molecule has 0 amide bonds. The molecule has 1 aromatic rings. The fraction of sp³-hybridized carbons (Fsp3) is 0.714. The van der Waals surface area contributed by atoms with Crippen LogP contribution < -0.4 is 5.32 Å². The normalized spacial score (nSPS) is 18.8. The standard InChI is InChI=1S/C7H10ClN3OS/c8-6-7(11-13-10-6)9-5-1-3-12-4-2-5/h5H,1-4H2,(H,9,11). The van der Waals surface area contributed by atoms with Gasteiger partial charge < -0.3 is 10.1 Å². The zero-order valence-electron chi connectivity index (χ0n) is 6.99. The molecule has 2 rings (SSSR count). The van der Waals surface area contributed by atoms with Crippen molar-refractivity contribution >= 4 is 29.1 Å². The minimum absolute atomic E-state index is 0.426. The summed E-state index contributed by atoms with van der Waals surface area (Å²) in [5.41, 5.74) is 0. The van der Waals surface area contributed by atoms with Gasteiger partial charge in [-0.15, -0.1) is 0 Å². The van der Waals surface area contributed by atoms with Crippen LogP contribution in [0.1, 0.15) is 12.8 Å². The molecule has 1 aromatic heterocycles. The van der Waals surface area contributed by atoms with Crippen LogP contribution in [0.25, 0.3) is 0 Å². The SMILES string of the molecule is Clc1nsnc1NC1CCOCC1. The summed E-state index contributed by atoms with van der Waals surface area (Å²) >= 11 is 6.93. The molecule has 1 saturated heterocycles. The number of hydrogen-bond donors (Lipinski definition) is 1. The lowest BCUT2D eigenvalue weighted by molar-refractivity contribution is 0.0904. The first-order valence-corrected chi connectivity index (χ1v) is 5.29. The third kappa shape index (κ3) is 2.30. The van der Waals surface area contributed by atoms with Crippen molar-refractivity contribution in [1.29, 1.82) is 0 Å². The molecule has 1 N–H and O–H groups in total. The first-order valence-electron chi connectivity index (χ1n) is 4.18. The zero-order valence-corrected chi connectivity index (χ0v) is 8.57. The Hall–Kier alpha value is -0.390. The highest BCUT2D eigenvalue weighted by molar-refractivity contribution is 6.99. The molecular formula is C7H10ClN3OS. The second-order valence-corrected chi connectivity index (χ2v) is 3.82. The smallest absolute Gasteiger partial charge is 0.186 e. The Kier molecular flexibility index (Phi) is 2.97. The van der Waals surface area contributed by atoms with Crippen molar-refractivity contribution in [2.75, 3.05) is 18.5 Å². The van der Waals surface area contributed by atoms with Gasteiger partial charge in [0.1, 0.15) is 0 Å². The summed E-state index contributed by atoms with van der Waals surface area (Å²) in [4.78, 5) is 0. The largest absolute Gasteiger partial charge is 0.381 e. The van der Waals surface area contributed by atoms with Crippen LogP contribution in [0.5, 0.6) is 0 Å². The average Bonchev–Trinajstić information content (AvgIpc) is 2.54. The van der Waals surface area contributed by atoms with E-state index in [9.17, 15) is 0 Å². The summed E-state index contributed by atoms with van der Waals surface area (Å²) in [6.07, 6.45) is 2.02. The monoisotopic (exact) mass is 219 g/mol. The number of aromatic nitrogens is 2. The molecule has 4 nitrogen and oxygen atoms in total. The first-order chi connectivity index (χ1) is 6.36. The lowest BCUT2D eigenvalue weighted by Crippen LogP contribution is -2.28. The van der Waals surface area contributed by atoms with Crippen LogP contribution in [0.15, 0.2) is 0 Å². The molecule has 1 fully saturated rings. The summed E-state index contributed by atoms with van der Waals surface area (Å²) in [6, 6.07) is 0.426. The number of halogens is 1. The highest BCUT2D eigenvalue weighted by Gasteiger charge is 2.15. The van der Waals surface area contributed by atoms with Gasteiger partial charge in [0.05, 0.1) is 11.7 Å². The molecule has 0 aromatic carbocycles. The molecule has 0 unspecified atom stereocenters. The second kappa shape index (κ2) is 4.21. The Morgan fingerprint density at radius 3 is 2.77 bits per heavy atom. The van der Waals surface area contributed by atoms with Gasteiger partial charge in [0.25, 0.3) is 0 Å². The molecule has 72 valence electrons. The fourth-order valence-corrected chi connectivity index (χ4v) is 1.96. The van der Waals surface area contributed by atoms with Crippen molar-refractivity contribution in [3.05, 3.63) is 5.15 Å². The number of ether oxygens (including phenoxy) is 1. The third-order valence-electron chi connectivity index (χ3n) is 2.01. The maximum Gasteiger partial charge on any atom is 0.186 e. The first kappa shape index (κ1) is 9.18. The Morgan fingerprint density at radius 1 is 1.38 bits per heavy atom. The third-order valence-corrected chi connectivity index (χ3v) is 2.90. The van der Waals surface area contributed by atoms with E-state index in [0.29, 0.717) is 17.0 Å². The van der Waals surface area contributed by atoms with E-state index in [2.05, 4.69) is 14.1 Å². The van der Waals surface area contributed by atoms with Gasteiger partial charge >= 0.3 is 0 Å². The number of rotatable bonds is 2. The molecule has 0 atom stereocenters. The highest BCUT2D eigenvalue weighted by Crippen LogP contribution is 2.21. The molecule has 1 aliphatic heterocycles. The summed E-state index contributed by atoms with van der Waals surface area (Å²) in [5.74, 6) is 0.707. The van der Waals surface area contributed by atoms with Gasteiger partial charge in [-0.25, -0.2) is 0 Å². The van der Waals surface area contributed by atoms with E-state index in [4.69, 9.17) is 16.3 Å². The topological polar surface area (TPSA) is 47.0 Å². The van der Waals surface area contributed by atoms with E-state index in [-0.39, 0.29) is 0 Å². The minimum atomic E-state index is 0.426. The molecule has 0 spiro atoms. The van der Waals surface area contributed by atoms with Crippen molar-refractivity contribution in [3.63, 3.8) is 0 Å². The van der Waals surface area contributed by atoms with E-state index in [1.165, 1.54) is 0 Å². The van der Waals surface area contributed by atoms with Gasteiger partial charge in [0.2, 0.25) is 0 Å². The van der Waals surface area contributed by atoms with E-state index in [1.54, 1.807) is 0 Å². The number of nitrogens with zero attached hydrogens (tertiary/aromatic N) is 2. The maximum atomic E-state index is 5.80. The predicted molar refractivity (Wildman–Crippen MR) is 52.4 cm³/mol. The van der Waals surface area contributed by atoms with Crippen LogP contribution in [0, 0.1) is 0 Å². The molecular weight excluding hydrogens is 210 g/mol. The molecule has 6 heteroatoms. The van der Waals surface area contributed by atoms with Crippen molar-refractivity contribution in [3.8, 4) is 0 Å². The quantitative estimate of drug-likeness (QED) is 0.824. The highest BCUT2D eigenvalue weighted by atomic mass is 35.5. The molecule has 1 aliphatic rings. The van der Waals surface area contributed by atoms with E-state index < -0.39 is 0 Å². The molecule has 0 bridgehead atoms. The van der Waals surface area contributed by atoms with Crippen LogP contribution in [-0.2, 0) is 4.74 Å². The van der Waals surface area contributed by atoms with Crippen LogP contribution in [-0.4, -0.2) is 28.0 Å². The minimum Gasteiger partial charge on any atom is -0.381 e. The lowest BCUT2D eigenvalue weighted by Gasteiger charge is -2.22. The summed E-state index contributed by atoms with van der Waals surface area (Å²) in [6.45, 7) is 1.62. The Morgan fingerprint density at radius 2 is 2.15 bits per heavy atom. The molecule has 13 heavy (non-hydrogen) atoms. The van der Waals surface area contributed by atoms with Crippen LogP contribution in [0.2, 0.25) is 5.15 Å².